The Morgan fingerprint density at radius 1 is 1.31 bits per heavy atom. The lowest BCUT2D eigenvalue weighted by Gasteiger charge is -2.02. The topological polar surface area (TPSA) is 74.2 Å². The van der Waals surface area contributed by atoms with Gasteiger partial charge in [0.05, 0.1) is 6.54 Å². The van der Waals surface area contributed by atoms with Gasteiger partial charge in [-0.1, -0.05) is 6.07 Å². The number of hydrogen-bond acceptors (Lipinski definition) is 5. The van der Waals surface area contributed by atoms with E-state index >= 15 is 0 Å². The lowest BCUT2D eigenvalue weighted by atomic mass is 10.3. The lowest BCUT2D eigenvalue weighted by molar-refractivity contribution is 0.258. The van der Waals surface area contributed by atoms with Crippen molar-refractivity contribution in [1.82, 2.24) is 10.2 Å². The smallest absolute Gasteiger partial charge is 0.253 e. The van der Waals surface area contributed by atoms with Crippen LogP contribution in [0.1, 0.15) is 11.8 Å². The van der Waals surface area contributed by atoms with Gasteiger partial charge in [0.25, 0.3) is 5.89 Å². The predicted molar refractivity (Wildman–Crippen MR) is 52.9 cm³/mol. The second-order valence-electron chi connectivity index (χ2n) is 3.04. The van der Waals surface area contributed by atoms with Gasteiger partial charge in [-0.2, -0.15) is 0 Å². The fourth-order valence-corrected chi connectivity index (χ4v) is 1.13. The third-order valence-corrected chi connectivity index (χ3v) is 1.84. The van der Waals surface area contributed by atoms with Gasteiger partial charge in [-0.05, 0) is 12.1 Å². The molecule has 0 aliphatic heterocycles. The number of hydrogen-bond donors (Lipinski definition) is 1. The molecule has 1 heterocycles. The highest BCUT2D eigenvalue weighted by Gasteiger charge is 2.05. The zero-order chi connectivity index (χ0) is 11.4. The quantitative estimate of drug-likeness (QED) is 0.844. The van der Waals surface area contributed by atoms with Gasteiger partial charge >= 0.3 is 0 Å². The van der Waals surface area contributed by atoms with E-state index in [1.807, 2.05) is 0 Å². The molecule has 0 unspecified atom stereocenters. The summed E-state index contributed by atoms with van der Waals surface area (Å²) >= 11 is 0. The average Bonchev–Trinajstić information content (AvgIpc) is 2.74. The number of nitrogens with two attached hydrogens (primary N) is 1. The van der Waals surface area contributed by atoms with E-state index in [2.05, 4.69) is 10.2 Å². The van der Waals surface area contributed by atoms with Gasteiger partial charge in [-0.3, -0.25) is 0 Å². The molecule has 6 heteroatoms. The van der Waals surface area contributed by atoms with Gasteiger partial charge in [0.15, 0.2) is 6.61 Å². The molecule has 2 aromatic rings. The Balaban J connectivity index is 1.96. The second kappa shape index (κ2) is 4.71. The van der Waals surface area contributed by atoms with Crippen LogP contribution in [0.3, 0.4) is 0 Å². The second-order valence-corrected chi connectivity index (χ2v) is 3.04. The first-order valence-electron chi connectivity index (χ1n) is 4.67. The normalized spacial score (nSPS) is 10.4. The van der Waals surface area contributed by atoms with Crippen LogP contribution < -0.4 is 10.5 Å². The third kappa shape index (κ3) is 2.54. The van der Waals surface area contributed by atoms with Gasteiger partial charge in [0.1, 0.15) is 11.6 Å². The number of ether oxygens (including phenoxy) is 1. The van der Waals surface area contributed by atoms with E-state index in [0.29, 0.717) is 17.5 Å². The zero-order valence-corrected chi connectivity index (χ0v) is 8.39. The average molecular weight is 223 g/mol. The van der Waals surface area contributed by atoms with Crippen molar-refractivity contribution in [3.63, 3.8) is 0 Å². The Kier molecular flexibility index (Phi) is 3.11. The van der Waals surface area contributed by atoms with Crippen molar-refractivity contribution < 1.29 is 13.5 Å². The van der Waals surface area contributed by atoms with Gasteiger partial charge in [0.2, 0.25) is 5.89 Å². The molecule has 0 aliphatic rings. The van der Waals surface area contributed by atoms with E-state index in [1.54, 1.807) is 12.1 Å². The minimum atomic E-state index is -0.356. The molecular weight excluding hydrogens is 213 g/mol. The molecule has 0 saturated heterocycles. The molecule has 1 aromatic carbocycles. The van der Waals surface area contributed by atoms with Crippen molar-refractivity contribution in [2.75, 3.05) is 0 Å². The van der Waals surface area contributed by atoms with Crippen LogP contribution in [0.5, 0.6) is 5.75 Å². The number of aromatic nitrogens is 2. The van der Waals surface area contributed by atoms with Gasteiger partial charge in [0, 0.05) is 6.07 Å². The number of nitrogens with zero attached hydrogens (tertiary/aromatic N) is 2. The summed E-state index contributed by atoms with van der Waals surface area (Å²) in [5, 5.41) is 7.38. The molecule has 0 aliphatic carbocycles. The maximum atomic E-state index is 12.8. The number of benzene rings is 1. The van der Waals surface area contributed by atoms with Crippen LogP contribution in [0.15, 0.2) is 28.7 Å². The van der Waals surface area contributed by atoms with Crippen molar-refractivity contribution >= 4 is 0 Å². The molecule has 5 nitrogen and oxygen atoms in total. The van der Waals surface area contributed by atoms with Crippen LogP contribution in [0, 0.1) is 5.82 Å². The van der Waals surface area contributed by atoms with Crippen molar-refractivity contribution in [3.05, 3.63) is 41.9 Å². The molecule has 2 rings (SSSR count). The number of halogens is 1. The summed E-state index contributed by atoms with van der Waals surface area (Å²) in [5.74, 6) is 0.709. The molecule has 16 heavy (non-hydrogen) atoms. The Morgan fingerprint density at radius 2 is 2.12 bits per heavy atom. The van der Waals surface area contributed by atoms with Gasteiger partial charge in [-0.15, -0.1) is 10.2 Å². The molecule has 0 radical (unpaired) electrons. The van der Waals surface area contributed by atoms with E-state index in [1.165, 1.54) is 12.1 Å². The summed E-state index contributed by atoms with van der Waals surface area (Å²) in [7, 11) is 0. The largest absolute Gasteiger partial charge is 0.484 e. The monoisotopic (exact) mass is 223 g/mol. The fourth-order valence-electron chi connectivity index (χ4n) is 1.13. The standard InChI is InChI=1S/C10H10FN3O2/c11-7-2-1-3-8(4-7)15-6-10-14-13-9(5-12)16-10/h1-4H,5-6,12H2. The minimum absolute atomic E-state index is 0.0937. The van der Waals surface area contributed by atoms with E-state index in [9.17, 15) is 4.39 Å². The van der Waals surface area contributed by atoms with Gasteiger partial charge in [-0.25, -0.2) is 4.39 Å². The highest BCUT2D eigenvalue weighted by atomic mass is 19.1. The Labute approximate surface area is 91.0 Å². The Bertz CT molecular complexity index is 473. The summed E-state index contributed by atoms with van der Waals surface area (Å²) in [6.07, 6.45) is 0. The fraction of sp³-hybridized carbons (Fsp3) is 0.200. The van der Waals surface area contributed by atoms with Crippen LogP contribution in [0.4, 0.5) is 4.39 Å². The highest BCUT2D eigenvalue weighted by Crippen LogP contribution is 2.13. The summed E-state index contributed by atoms with van der Waals surface area (Å²) in [6.45, 7) is 0.281. The van der Waals surface area contributed by atoms with Crippen molar-refractivity contribution in [2.24, 2.45) is 5.73 Å². The minimum Gasteiger partial charge on any atom is -0.484 e. The van der Waals surface area contributed by atoms with Crippen molar-refractivity contribution in [2.45, 2.75) is 13.2 Å². The molecule has 0 amide bonds. The van der Waals surface area contributed by atoms with Crippen molar-refractivity contribution in [1.29, 1.82) is 0 Å². The van der Waals surface area contributed by atoms with E-state index in [-0.39, 0.29) is 19.0 Å². The van der Waals surface area contributed by atoms with Crippen LogP contribution in [-0.4, -0.2) is 10.2 Å². The molecule has 0 saturated carbocycles. The van der Waals surface area contributed by atoms with Crippen LogP contribution in [0.2, 0.25) is 0 Å². The highest BCUT2D eigenvalue weighted by molar-refractivity contribution is 5.22. The first-order chi connectivity index (χ1) is 7.78. The van der Waals surface area contributed by atoms with Gasteiger partial charge < -0.3 is 14.9 Å². The molecule has 84 valence electrons. The summed E-state index contributed by atoms with van der Waals surface area (Å²) in [5.41, 5.74) is 5.30. The maximum Gasteiger partial charge on any atom is 0.253 e. The van der Waals surface area contributed by atoms with E-state index in [4.69, 9.17) is 14.9 Å². The first kappa shape index (κ1) is 10.6. The maximum absolute atomic E-state index is 12.8. The predicted octanol–water partition coefficient (Wildman–Crippen LogP) is 1.25. The number of rotatable bonds is 4. The summed E-state index contributed by atoms with van der Waals surface area (Å²) in [6, 6.07) is 5.82. The van der Waals surface area contributed by atoms with Crippen molar-refractivity contribution in [3.8, 4) is 5.75 Å². The first-order valence-corrected chi connectivity index (χ1v) is 4.67. The van der Waals surface area contributed by atoms with E-state index in [0.717, 1.165) is 0 Å². The summed E-state index contributed by atoms with van der Waals surface area (Å²) < 4.78 is 23.2. The zero-order valence-electron chi connectivity index (χ0n) is 8.39. The van der Waals surface area contributed by atoms with Crippen LogP contribution >= 0.6 is 0 Å². The summed E-state index contributed by atoms with van der Waals surface area (Å²) in [4.78, 5) is 0. The molecule has 0 atom stereocenters. The molecule has 0 fully saturated rings. The SMILES string of the molecule is NCc1nnc(COc2cccc(F)c2)o1. The molecule has 2 N–H and O–H groups in total. The lowest BCUT2D eigenvalue weighted by Crippen LogP contribution is -1.96. The Morgan fingerprint density at radius 3 is 2.81 bits per heavy atom. The third-order valence-electron chi connectivity index (χ3n) is 1.84. The molecule has 1 aromatic heterocycles. The molecule has 0 spiro atoms. The van der Waals surface area contributed by atoms with E-state index < -0.39 is 0 Å². The molecule has 0 bridgehead atoms. The Hall–Kier alpha value is -1.95. The van der Waals surface area contributed by atoms with Crippen LogP contribution in [-0.2, 0) is 13.2 Å². The molecular formula is C10H10FN3O2. The van der Waals surface area contributed by atoms with Crippen LogP contribution in [0.25, 0.3) is 0 Å².